The van der Waals surface area contributed by atoms with Crippen LogP contribution in [-0.2, 0) is 4.79 Å². The molecule has 136 valence electrons. The fourth-order valence-corrected chi connectivity index (χ4v) is 6.11. The normalized spacial score (nSPS) is 34.1. The summed E-state index contributed by atoms with van der Waals surface area (Å²) in [6.07, 6.45) is 6.37. The first kappa shape index (κ1) is 16.9. The second kappa shape index (κ2) is 6.31. The Morgan fingerprint density at radius 2 is 1.80 bits per heavy atom. The predicted molar refractivity (Wildman–Crippen MR) is 95.9 cm³/mol. The minimum absolute atomic E-state index is 0.145. The van der Waals surface area contributed by atoms with Crippen LogP contribution >= 0.6 is 0 Å². The average Bonchev–Trinajstić information content (AvgIpc) is 2.57. The number of carbonyl (C=O) groups is 1. The number of phenolic OH excluding ortho intramolecular Hbond substituents is 1. The molecule has 1 atom stereocenters. The molecule has 1 aromatic rings. The number of phenols is 1. The Bertz CT molecular complexity index is 621. The molecule has 25 heavy (non-hydrogen) atoms. The number of hydrogen-bond acceptors (Lipinski definition) is 3. The van der Waals surface area contributed by atoms with E-state index < -0.39 is 6.10 Å². The third-order valence-corrected chi connectivity index (χ3v) is 6.81. The van der Waals surface area contributed by atoms with E-state index in [0.29, 0.717) is 18.7 Å². The highest BCUT2D eigenvalue weighted by Crippen LogP contribution is 2.60. The highest BCUT2D eigenvalue weighted by atomic mass is 16.3. The molecule has 4 aliphatic carbocycles. The number of aliphatic hydroxyl groups is 1. The van der Waals surface area contributed by atoms with Gasteiger partial charge in [0.25, 0.3) is 0 Å². The van der Waals surface area contributed by atoms with Crippen molar-refractivity contribution < 1.29 is 15.0 Å². The summed E-state index contributed by atoms with van der Waals surface area (Å²) in [5.74, 6) is 2.63. The molecule has 4 heteroatoms. The van der Waals surface area contributed by atoms with Crippen LogP contribution in [0.1, 0.15) is 57.1 Å². The molecule has 4 saturated carbocycles. The summed E-state index contributed by atoms with van der Waals surface area (Å²) in [5.41, 5.74) is 0.500. The van der Waals surface area contributed by atoms with E-state index in [1.165, 1.54) is 19.3 Å². The third kappa shape index (κ3) is 3.05. The molecule has 2 N–H and O–H groups in total. The average molecular weight is 343 g/mol. The van der Waals surface area contributed by atoms with E-state index in [4.69, 9.17) is 0 Å². The maximum absolute atomic E-state index is 13.4. The van der Waals surface area contributed by atoms with Gasteiger partial charge in [0.1, 0.15) is 5.75 Å². The minimum atomic E-state index is -0.759. The van der Waals surface area contributed by atoms with Crippen molar-refractivity contribution >= 4 is 5.91 Å². The maximum Gasteiger partial charge on any atom is 0.228 e. The first-order valence-corrected chi connectivity index (χ1v) is 9.75. The zero-order chi connectivity index (χ0) is 17.6. The van der Waals surface area contributed by atoms with Gasteiger partial charge in [-0.1, -0.05) is 12.1 Å². The molecule has 0 aliphatic heterocycles. The van der Waals surface area contributed by atoms with Gasteiger partial charge in [0.2, 0.25) is 5.91 Å². The molecule has 0 aromatic heterocycles. The number of hydrogen-bond donors (Lipinski definition) is 2. The van der Waals surface area contributed by atoms with E-state index in [0.717, 1.165) is 37.0 Å². The van der Waals surface area contributed by atoms with E-state index in [1.807, 2.05) is 11.8 Å². The number of nitrogens with zero attached hydrogens (tertiary/aromatic N) is 1. The lowest BCUT2D eigenvalue weighted by Crippen LogP contribution is -2.55. The van der Waals surface area contributed by atoms with Crippen LogP contribution in [-0.4, -0.2) is 34.1 Å². The van der Waals surface area contributed by atoms with Crippen LogP contribution in [0.2, 0.25) is 0 Å². The number of amides is 1. The van der Waals surface area contributed by atoms with Crippen molar-refractivity contribution in [1.29, 1.82) is 0 Å². The van der Waals surface area contributed by atoms with Crippen molar-refractivity contribution in [2.45, 2.75) is 51.6 Å². The Hall–Kier alpha value is -1.55. The Labute approximate surface area is 149 Å². The lowest BCUT2D eigenvalue weighted by molar-refractivity contribution is -0.158. The molecule has 5 rings (SSSR count). The molecule has 4 fully saturated rings. The summed E-state index contributed by atoms with van der Waals surface area (Å²) in [6.45, 7) is 2.92. The van der Waals surface area contributed by atoms with Gasteiger partial charge >= 0.3 is 0 Å². The van der Waals surface area contributed by atoms with Gasteiger partial charge in [-0.2, -0.15) is 0 Å². The standard InChI is InChI=1S/C21H29NO3/c1-2-22(13-19(24)17-4-3-5-18(23)9-17)20(25)21-10-14-6-15(11-21)8-16(7-14)12-21/h3-5,9,14-16,19,23-24H,2,6-8,10-13H2,1H3/t14?,15?,16?,19-,21?/m1/s1. The van der Waals surface area contributed by atoms with Crippen LogP contribution in [0.25, 0.3) is 0 Å². The third-order valence-electron chi connectivity index (χ3n) is 6.81. The molecule has 4 bridgehead atoms. The van der Waals surface area contributed by atoms with E-state index in [1.54, 1.807) is 24.3 Å². The number of benzene rings is 1. The van der Waals surface area contributed by atoms with E-state index in [9.17, 15) is 15.0 Å². The number of aromatic hydroxyl groups is 1. The summed E-state index contributed by atoms with van der Waals surface area (Å²) in [6, 6.07) is 6.70. The topological polar surface area (TPSA) is 60.8 Å². The molecular formula is C21H29NO3. The van der Waals surface area contributed by atoms with Crippen molar-refractivity contribution in [3.63, 3.8) is 0 Å². The zero-order valence-corrected chi connectivity index (χ0v) is 15.0. The van der Waals surface area contributed by atoms with Crippen molar-refractivity contribution in [3.05, 3.63) is 29.8 Å². The Morgan fingerprint density at radius 3 is 2.32 bits per heavy atom. The smallest absolute Gasteiger partial charge is 0.228 e. The maximum atomic E-state index is 13.4. The van der Waals surface area contributed by atoms with Crippen molar-refractivity contribution in [2.24, 2.45) is 23.2 Å². The fraction of sp³-hybridized carbons (Fsp3) is 0.667. The monoisotopic (exact) mass is 343 g/mol. The summed E-state index contributed by atoms with van der Waals surface area (Å²) in [7, 11) is 0. The molecule has 0 saturated heterocycles. The molecule has 0 heterocycles. The van der Waals surface area contributed by atoms with E-state index in [-0.39, 0.29) is 17.1 Å². The number of rotatable bonds is 5. The molecule has 0 spiro atoms. The van der Waals surface area contributed by atoms with Gasteiger partial charge in [-0.3, -0.25) is 4.79 Å². The van der Waals surface area contributed by atoms with Gasteiger partial charge in [-0.15, -0.1) is 0 Å². The van der Waals surface area contributed by atoms with Gasteiger partial charge in [0, 0.05) is 6.54 Å². The molecular weight excluding hydrogens is 314 g/mol. The first-order valence-electron chi connectivity index (χ1n) is 9.75. The lowest BCUT2D eigenvalue weighted by atomic mass is 9.49. The summed E-state index contributed by atoms with van der Waals surface area (Å²) >= 11 is 0. The second-order valence-electron chi connectivity index (χ2n) is 8.65. The summed E-state index contributed by atoms with van der Waals surface area (Å²) in [5, 5.41) is 20.2. The predicted octanol–water partition coefficient (Wildman–Crippen LogP) is 3.49. The first-order chi connectivity index (χ1) is 12.0. The van der Waals surface area contributed by atoms with Gasteiger partial charge in [0.15, 0.2) is 0 Å². The van der Waals surface area contributed by atoms with E-state index >= 15 is 0 Å². The SMILES string of the molecule is CCN(C[C@@H](O)c1cccc(O)c1)C(=O)C12CC3CC(CC(C3)C1)C2. The molecule has 4 aliphatic rings. The van der Waals surface area contributed by atoms with Crippen molar-refractivity contribution in [1.82, 2.24) is 4.90 Å². The molecule has 0 radical (unpaired) electrons. The molecule has 0 unspecified atom stereocenters. The van der Waals surface area contributed by atoms with Gasteiger partial charge in [0.05, 0.1) is 18.1 Å². The molecule has 1 aromatic carbocycles. The summed E-state index contributed by atoms with van der Waals surface area (Å²) in [4.78, 5) is 15.3. The van der Waals surface area contributed by atoms with Gasteiger partial charge < -0.3 is 15.1 Å². The summed E-state index contributed by atoms with van der Waals surface area (Å²) < 4.78 is 0. The van der Waals surface area contributed by atoms with Crippen LogP contribution in [0.3, 0.4) is 0 Å². The molecule has 4 nitrogen and oxygen atoms in total. The van der Waals surface area contributed by atoms with Crippen molar-refractivity contribution in [3.8, 4) is 5.75 Å². The van der Waals surface area contributed by atoms with Crippen LogP contribution in [0.5, 0.6) is 5.75 Å². The Morgan fingerprint density at radius 1 is 1.20 bits per heavy atom. The lowest BCUT2D eigenvalue weighted by Gasteiger charge is -2.56. The van der Waals surface area contributed by atoms with Crippen LogP contribution in [0.4, 0.5) is 0 Å². The van der Waals surface area contributed by atoms with Crippen LogP contribution < -0.4 is 0 Å². The highest BCUT2D eigenvalue weighted by molar-refractivity contribution is 5.83. The Kier molecular flexibility index (Phi) is 4.27. The van der Waals surface area contributed by atoms with E-state index in [2.05, 4.69) is 0 Å². The van der Waals surface area contributed by atoms with Gasteiger partial charge in [-0.05, 0) is 80.9 Å². The fourth-order valence-electron chi connectivity index (χ4n) is 6.11. The number of likely N-dealkylation sites (N-methyl/N-ethyl adjacent to an activating group) is 1. The highest BCUT2D eigenvalue weighted by Gasteiger charge is 2.55. The zero-order valence-electron chi connectivity index (χ0n) is 15.0. The Balaban J connectivity index is 1.50. The van der Waals surface area contributed by atoms with Gasteiger partial charge in [-0.25, -0.2) is 0 Å². The number of aliphatic hydroxyl groups excluding tert-OH is 1. The second-order valence-corrected chi connectivity index (χ2v) is 8.65. The largest absolute Gasteiger partial charge is 0.508 e. The quantitative estimate of drug-likeness (QED) is 0.860. The van der Waals surface area contributed by atoms with Crippen LogP contribution in [0.15, 0.2) is 24.3 Å². The molecule has 1 amide bonds. The minimum Gasteiger partial charge on any atom is -0.508 e. The number of carbonyl (C=O) groups excluding carboxylic acids is 1. The van der Waals surface area contributed by atoms with Crippen LogP contribution in [0, 0.1) is 23.2 Å². The van der Waals surface area contributed by atoms with Crippen molar-refractivity contribution in [2.75, 3.05) is 13.1 Å².